The first-order valence-electron chi connectivity index (χ1n) is 8.40. The van der Waals surface area contributed by atoms with Crippen molar-refractivity contribution in [1.82, 2.24) is 8.61 Å². The van der Waals surface area contributed by atoms with Crippen molar-refractivity contribution in [1.29, 1.82) is 0 Å². The second-order valence-electron chi connectivity index (χ2n) is 5.42. The van der Waals surface area contributed by atoms with Crippen LogP contribution in [0.25, 0.3) is 0 Å². The number of carbonyl (C=O) groups excluding carboxylic acids is 2. The number of nitrogens with zero attached hydrogens (tertiary/aromatic N) is 3. The van der Waals surface area contributed by atoms with Crippen molar-refractivity contribution in [3.05, 3.63) is 35.9 Å². The molecular formula is C18H27N3O3S2. The maximum Gasteiger partial charge on any atom is 0.307 e. The highest BCUT2D eigenvalue weighted by Crippen LogP contribution is 2.19. The standard InChI is InChI=1S/C18H27N3O3S2/c1-5-24-18(23)11-12-21(14-16-9-7-6-8-10-16)26-20(3)17(22)13-19-15(2)25-4/h6-10H,5,11-14H2,1-4H3. The molecular weight excluding hydrogens is 370 g/mol. The van der Waals surface area contributed by atoms with E-state index >= 15 is 0 Å². The molecule has 8 heteroatoms. The molecule has 0 aliphatic carbocycles. The normalized spacial score (nSPS) is 11.5. The SMILES string of the molecule is CCOC(=O)CCN(Cc1ccccc1)SN(C)C(=O)CN=C(C)SC. The van der Waals surface area contributed by atoms with Gasteiger partial charge in [0.2, 0.25) is 0 Å². The second-order valence-corrected chi connectivity index (χ2v) is 7.64. The van der Waals surface area contributed by atoms with Crippen molar-refractivity contribution in [3.63, 3.8) is 0 Å². The van der Waals surface area contributed by atoms with Crippen LogP contribution in [-0.2, 0) is 20.9 Å². The van der Waals surface area contributed by atoms with Gasteiger partial charge in [-0.15, -0.1) is 11.8 Å². The van der Waals surface area contributed by atoms with Crippen LogP contribution in [0, 0.1) is 0 Å². The third-order valence-corrected chi connectivity index (χ3v) is 5.11. The fraction of sp³-hybridized carbons (Fsp3) is 0.500. The molecule has 0 bridgehead atoms. The first kappa shape index (κ1) is 22.5. The Labute approximate surface area is 164 Å². The number of likely N-dealkylation sites (N-methyl/N-ethyl adjacent to an activating group) is 1. The van der Waals surface area contributed by atoms with Crippen LogP contribution >= 0.6 is 23.9 Å². The third-order valence-electron chi connectivity index (χ3n) is 3.39. The summed E-state index contributed by atoms with van der Waals surface area (Å²) in [6.07, 6.45) is 2.21. The number of hydrogen-bond donors (Lipinski definition) is 0. The smallest absolute Gasteiger partial charge is 0.307 e. The van der Waals surface area contributed by atoms with Crippen molar-refractivity contribution in [2.24, 2.45) is 4.99 Å². The van der Waals surface area contributed by atoms with E-state index in [-0.39, 0.29) is 24.8 Å². The Hall–Kier alpha value is -1.51. The average Bonchev–Trinajstić information content (AvgIpc) is 2.64. The second kappa shape index (κ2) is 12.8. The molecule has 0 atom stereocenters. The molecule has 144 valence electrons. The highest BCUT2D eigenvalue weighted by Gasteiger charge is 2.17. The minimum Gasteiger partial charge on any atom is -0.466 e. The van der Waals surface area contributed by atoms with Gasteiger partial charge in [0.15, 0.2) is 0 Å². The Balaban J connectivity index is 2.67. The molecule has 0 saturated heterocycles. The fourth-order valence-electron chi connectivity index (χ4n) is 1.95. The van der Waals surface area contributed by atoms with Gasteiger partial charge in [0, 0.05) is 32.3 Å². The molecule has 0 aliphatic rings. The molecule has 1 rings (SSSR count). The molecule has 0 heterocycles. The van der Waals surface area contributed by atoms with Crippen molar-refractivity contribution >= 4 is 40.8 Å². The minimum absolute atomic E-state index is 0.0856. The van der Waals surface area contributed by atoms with E-state index in [9.17, 15) is 9.59 Å². The summed E-state index contributed by atoms with van der Waals surface area (Å²) in [6.45, 7) is 5.27. The van der Waals surface area contributed by atoms with Gasteiger partial charge in [0.25, 0.3) is 5.91 Å². The quantitative estimate of drug-likeness (QED) is 0.261. The molecule has 0 aromatic heterocycles. The molecule has 0 N–H and O–H groups in total. The summed E-state index contributed by atoms with van der Waals surface area (Å²) in [5.74, 6) is -0.321. The topological polar surface area (TPSA) is 62.2 Å². The number of ether oxygens (including phenoxy) is 1. The Kier molecular flexibility index (Phi) is 11.1. The third kappa shape index (κ3) is 9.26. The molecule has 0 radical (unpaired) electrons. The van der Waals surface area contributed by atoms with Crippen LogP contribution in [-0.4, -0.2) is 58.5 Å². The largest absolute Gasteiger partial charge is 0.466 e. The molecule has 1 aromatic carbocycles. The number of rotatable bonds is 10. The highest BCUT2D eigenvalue weighted by molar-refractivity contribution is 8.13. The maximum atomic E-state index is 12.3. The monoisotopic (exact) mass is 397 g/mol. The Morgan fingerprint density at radius 2 is 1.92 bits per heavy atom. The molecule has 0 fully saturated rings. The Bertz CT molecular complexity index is 597. The molecule has 1 aromatic rings. The van der Waals surface area contributed by atoms with E-state index in [0.29, 0.717) is 19.7 Å². The van der Waals surface area contributed by atoms with Crippen molar-refractivity contribution in [2.75, 3.05) is 33.0 Å². The molecule has 0 aliphatic heterocycles. The van der Waals surface area contributed by atoms with Crippen molar-refractivity contribution in [3.8, 4) is 0 Å². The number of carbonyl (C=O) groups is 2. The first-order chi connectivity index (χ1) is 12.5. The Morgan fingerprint density at radius 3 is 2.54 bits per heavy atom. The van der Waals surface area contributed by atoms with Crippen LogP contribution in [0.3, 0.4) is 0 Å². The number of thioether (sulfide) groups is 1. The van der Waals surface area contributed by atoms with Gasteiger partial charge in [-0.05, 0) is 25.7 Å². The summed E-state index contributed by atoms with van der Waals surface area (Å²) in [5.41, 5.74) is 1.11. The zero-order valence-corrected chi connectivity index (χ0v) is 17.4. The number of benzene rings is 1. The highest BCUT2D eigenvalue weighted by atomic mass is 32.2. The summed E-state index contributed by atoms with van der Waals surface area (Å²) < 4.78 is 8.54. The molecule has 6 nitrogen and oxygen atoms in total. The maximum absolute atomic E-state index is 12.3. The van der Waals surface area contributed by atoms with E-state index < -0.39 is 0 Å². The molecule has 0 spiro atoms. The molecule has 0 unspecified atom stereocenters. The van der Waals surface area contributed by atoms with Gasteiger partial charge in [-0.1, -0.05) is 30.3 Å². The summed E-state index contributed by atoms with van der Waals surface area (Å²) in [7, 11) is 1.72. The zero-order valence-electron chi connectivity index (χ0n) is 15.8. The van der Waals surface area contributed by atoms with Crippen LogP contribution in [0.15, 0.2) is 35.3 Å². The predicted molar refractivity (Wildman–Crippen MR) is 110 cm³/mol. The van der Waals surface area contributed by atoms with E-state index in [2.05, 4.69) is 4.99 Å². The zero-order chi connectivity index (χ0) is 19.4. The predicted octanol–water partition coefficient (Wildman–Crippen LogP) is 3.24. The summed E-state index contributed by atoms with van der Waals surface area (Å²) >= 11 is 2.82. The van der Waals surface area contributed by atoms with Crippen LogP contribution in [0.1, 0.15) is 25.8 Å². The Morgan fingerprint density at radius 1 is 1.23 bits per heavy atom. The first-order valence-corrected chi connectivity index (χ1v) is 10.4. The summed E-state index contributed by atoms with van der Waals surface area (Å²) in [6, 6.07) is 9.94. The lowest BCUT2D eigenvalue weighted by molar-refractivity contribution is -0.143. The van der Waals surface area contributed by atoms with Gasteiger partial charge in [0.1, 0.15) is 6.54 Å². The lowest BCUT2D eigenvalue weighted by Gasteiger charge is -2.25. The van der Waals surface area contributed by atoms with E-state index in [1.165, 1.54) is 23.9 Å². The van der Waals surface area contributed by atoms with Crippen LogP contribution in [0.4, 0.5) is 0 Å². The van der Waals surface area contributed by atoms with Gasteiger partial charge in [-0.2, -0.15) is 0 Å². The van der Waals surface area contributed by atoms with E-state index in [4.69, 9.17) is 4.74 Å². The molecule has 0 saturated carbocycles. The van der Waals surface area contributed by atoms with Crippen LogP contribution in [0.2, 0.25) is 0 Å². The van der Waals surface area contributed by atoms with Crippen molar-refractivity contribution < 1.29 is 14.3 Å². The van der Waals surface area contributed by atoms with Gasteiger partial charge >= 0.3 is 5.97 Å². The molecule has 26 heavy (non-hydrogen) atoms. The average molecular weight is 398 g/mol. The van der Waals surface area contributed by atoms with Crippen LogP contribution in [0.5, 0.6) is 0 Å². The van der Waals surface area contributed by atoms with Gasteiger partial charge in [-0.3, -0.25) is 18.9 Å². The van der Waals surface area contributed by atoms with Gasteiger partial charge < -0.3 is 4.74 Å². The molecule has 1 amide bonds. The van der Waals surface area contributed by atoms with E-state index in [1.807, 2.05) is 47.8 Å². The van der Waals surface area contributed by atoms with E-state index in [0.717, 1.165) is 10.6 Å². The summed E-state index contributed by atoms with van der Waals surface area (Å²) in [5, 5.41) is 0.875. The number of esters is 1. The minimum atomic E-state index is -0.236. The number of aliphatic imine (C=N–C) groups is 1. The lowest BCUT2D eigenvalue weighted by atomic mass is 10.2. The van der Waals surface area contributed by atoms with Gasteiger partial charge in [0.05, 0.1) is 18.1 Å². The van der Waals surface area contributed by atoms with E-state index in [1.54, 1.807) is 18.3 Å². The van der Waals surface area contributed by atoms with Crippen molar-refractivity contribution in [2.45, 2.75) is 26.8 Å². The fourth-order valence-corrected chi connectivity index (χ4v) is 3.02. The van der Waals surface area contributed by atoms with Crippen LogP contribution < -0.4 is 0 Å². The number of amides is 1. The number of hydrogen-bond acceptors (Lipinski definition) is 7. The van der Waals surface area contributed by atoms with Gasteiger partial charge in [-0.25, -0.2) is 4.31 Å². The summed E-state index contributed by atoms with van der Waals surface area (Å²) in [4.78, 5) is 28.2. The lowest BCUT2D eigenvalue weighted by Crippen LogP contribution is -2.30.